The van der Waals surface area contributed by atoms with Gasteiger partial charge in [-0.25, -0.2) is 19.1 Å². The van der Waals surface area contributed by atoms with Crippen molar-refractivity contribution < 1.29 is 14.3 Å². The number of carbonyl (C=O) groups excluding carboxylic acids is 1. The number of nitrogens with zero attached hydrogens (tertiary/aromatic N) is 4. The van der Waals surface area contributed by atoms with Crippen molar-refractivity contribution in [3.63, 3.8) is 0 Å². The molecule has 2 aromatic heterocycles. The standard InChI is InChI=1S/C24H25Cl2N5O5/c1-14(21(32)35-2)12-31-23(33)29-22(30(24(31)34)13-15-6-8-16(25)9-7-15)28-17-10-19(26)20(27-11-17)36-18-4-3-5-18/h6-11,14,18H,3-5,12-13H2,1-2H3,(H,28,29,33)/t14-/m0/s1. The summed E-state index contributed by atoms with van der Waals surface area (Å²) >= 11 is 12.3. The first-order valence-corrected chi connectivity index (χ1v) is 12.1. The zero-order chi connectivity index (χ0) is 25.8. The van der Waals surface area contributed by atoms with Gasteiger partial charge in [0.15, 0.2) is 0 Å². The Kier molecular flexibility index (Phi) is 7.95. The van der Waals surface area contributed by atoms with Crippen LogP contribution in [0.25, 0.3) is 0 Å². The van der Waals surface area contributed by atoms with Crippen molar-refractivity contribution in [3.05, 3.63) is 73.1 Å². The van der Waals surface area contributed by atoms with Crippen molar-refractivity contribution in [1.82, 2.24) is 19.1 Å². The molecule has 2 heterocycles. The molecule has 0 spiro atoms. The highest BCUT2D eigenvalue weighted by atomic mass is 35.5. The number of hydrogen-bond acceptors (Lipinski definition) is 8. The van der Waals surface area contributed by atoms with Crippen LogP contribution < -0.4 is 21.4 Å². The van der Waals surface area contributed by atoms with E-state index in [0.29, 0.717) is 21.6 Å². The van der Waals surface area contributed by atoms with Crippen molar-refractivity contribution in [2.24, 2.45) is 5.92 Å². The number of esters is 1. The molecule has 10 nitrogen and oxygen atoms in total. The molecule has 0 radical (unpaired) electrons. The van der Waals surface area contributed by atoms with E-state index in [1.54, 1.807) is 37.3 Å². The highest BCUT2D eigenvalue weighted by Gasteiger charge is 2.22. The first-order valence-electron chi connectivity index (χ1n) is 11.4. The van der Waals surface area contributed by atoms with Gasteiger partial charge >= 0.3 is 17.3 Å². The fourth-order valence-corrected chi connectivity index (χ4v) is 3.94. The van der Waals surface area contributed by atoms with Gasteiger partial charge in [-0.2, -0.15) is 4.98 Å². The average Bonchev–Trinajstić information content (AvgIpc) is 2.83. The molecule has 1 fully saturated rings. The molecule has 1 N–H and O–H groups in total. The van der Waals surface area contributed by atoms with Crippen molar-refractivity contribution >= 4 is 40.8 Å². The number of ether oxygens (including phenoxy) is 2. The Morgan fingerprint density at radius 1 is 1.19 bits per heavy atom. The Morgan fingerprint density at radius 2 is 1.92 bits per heavy atom. The van der Waals surface area contributed by atoms with Gasteiger partial charge in [-0.15, -0.1) is 0 Å². The molecule has 1 aliphatic carbocycles. The van der Waals surface area contributed by atoms with Crippen LogP contribution in [0.3, 0.4) is 0 Å². The molecule has 1 aromatic carbocycles. The van der Waals surface area contributed by atoms with Crippen molar-refractivity contribution in [2.75, 3.05) is 12.4 Å². The molecule has 4 rings (SSSR count). The zero-order valence-electron chi connectivity index (χ0n) is 19.7. The van der Waals surface area contributed by atoms with Crippen LogP contribution in [-0.2, 0) is 22.6 Å². The monoisotopic (exact) mass is 533 g/mol. The van der Waals surface area contributed by atoms with Crippen molar-refractivity contribution in [2.45, 2.75) is 45.4 Å². The molecule has 0 bridgehead atoms. The van der Waals surface area contributed by atoms with Crippen LogP contribution in [-0.4, -0.2) is 38.3 Å². The fraction of sp³-hybridized carbons (Fsp3) is 0.375. The van der Waals surface area contributed by atoms with Gasteiger partial charge in [0, 0.05) is 11.6 Å². The lowest BCUT2D eigenvalue weighted by molar-refractivity contribution is -0.145. The Morgan fingerprint density at radius 3 is 2.53 bits per heavy atom. The first kappa shape index (κ1) is 25.7. The third-order valence-corrected chi connectivity index (χ3v) is 6.38. The summed E-state index contributed by atoms with van der Waals surface area (Å²) in [5, 5.41) is 3.80. The number of anilines is 2. The van der Waals surface area contributed by atoms with E-state index in [2.05, 4.69) is 15.3 Å². The van der Waals surface area contributed by atoms with Crippen LogP contribution in [0.2, 0.25) is 10.0 Å². The Labute approximate surface area is 216 Å². The third-order valence-electron chi connectivity index (χ3n) is 5.86. The number of aromatic nitrogens is 4. The number of hydrogen-bond donors (Lipinski definition) is 1. The number of carbonyl (C=O) groups is 1. The summed E-state index contributed by atoms with van der Waals surface area (Å²) in [6.45, 7) is 1.47. The lowest BCUT2D eigenvalue weighted by Crippen LogP contribution is -2.44. The minimum absolute atomic E-state index is 0.00699. The Bertz CT molecular complexity index is 1370. The van der Waals surface area contributed by atoms with E-state index in [9.17, 15) is 14.4 Å². The van der Waals surface area contributed by atoms with E-state index in [4.69, 9.17) is 32.7 Å². The second kappa shape index (κ2) is 11.1. The van der Waals surface area contributed by atoms with Gasteiger partial charge in [-0.1, -0.05) is 42.3 Å². The van der Waals surface area contributed by atoms with Gasteiger partial charge < -0.3 is 14.8 Å². The molecule has 1 aliphatic rings. The number of rotatable bonds is 9. The average molecular weight is 534 g/mol. The minimum atomic E-state index is -0.811. The lowest BCUT2D eigenvalue weighted by Gasteiger charge is -2.26. The van der Waals surface area contributed by atoms with Gasteiger partial charge in [0.2, 0.25) is 11.8 Å². The number of benzene rings is 1. The molecule has 1 saturated carbocycles. The van der Waals surface area contributed by atoms with E-state index in [1.807, 2.05) is 0 Å². The van der Waals surface area contributed by atoms with Gasteiger partial charge in [0.1, 0.15) is 11.1 Å². The second-order valence-electron chi connectivity index (χ2n) is 8.55. The first-order chi connectivity index (χ1) is 17.2. The van der Waals surface area contributed by atoms with Gasteiger partial charge in [-0.05, 0) is 43.0 Å². The van der Waals surface area contributed by atoms with Gasteiger partial charge in [0.25, 0.3) is 0 Å². The second-order valence-corrected chi connectivity index (χ2v) is 9.40. The molecule has 0 saturated heterocycles. The maximum Gasteiger partial charge on any atom is 0.354 e. The van der Waals surface area contributed by atoms with E-state index < -0.39 is 23.3 Å². The highest BCUT2D eigenvalue weighted by molar-refractivity contribution is 6.32. The van der Waals surface area contributed by atoms with Crippen LogP contribution in [0.5, 0.6) is 5.88 Å². The zero-order valence-corrected chi connectivity index (χ0v) is 21.3. The van der Waals surface area contributed by atoms with Gasteiger partial charge in [0.05, 0.1) is 31.5 Å². The van der Waals surface area contributed by atoms with Crippen molar-refractivity contribution in [1.29, 1.82) is 0 Å². The van der Waals surface area contributed by atoms with Crippen LogP contribution in [0.1, 0.15) is 31.7 Å². The number of halogens is 2. The molecule has 3 aromatic rings. The molecule has 0 unspecified atom stereocenters. The summed E-state index contributed by atoms with van der Waals surface area (Å²) in [4.78, 5) is 46.4. The predicted molar refractivity (Wildman–Crippen MR) is 135 cm³/mol. The largest absolute Gasteiger partial charge is 0.473 e. The maximum atomic E-state index is 13.4. The summed E-state index contributed by atoms with van der Waals surface area (Å²) in [6.07, 6.45) is 4.64. The quantitative estimate of drug-likeness (QED) is 0.414. The van der Waals surface area contributed by atoms with E-state index in [1.165, 1.54) is 17.9 Å². The summed E-state index contributed by atoms with van der Waals surface area (Å²) < 4.78 is 12.7. The van der Waals surface area contributed by atoms with Gasteiger partial charge in [-0.3, -0.25) is 9.36 Å². The third kappa shape index (κ3) is 5.88. The normalized spacial score (nSPS) is 14.1. The molecule has 36 heavy (non-hydrogen) atoms. The molecule has 0 aliphatic heterocycles. The number of pyridine rings is 1. The van der Waals surface area contributed by atoms with Crippen LogP contribution in [0.4, 0.5) is 11.6 Å². The van der Waals surface area contributed by atoms with Crippen LogP contribution in [0.15, 0.2) is 46.1 Å². The molecule has 0 amide bonds. The Balaban J connectivity index is 1.69. The number of nitrogens with one attached hydrogen (secondary N) is 1. The highest BCUT2D eigenvalue weighted by Crippen LogP contribution is 2.30. The number of methoxy groups -OCH3 is 1. The molecule has 12 heteroatoms. The van der Waals surface area contributed by atoms with E-state index in [0.717, 1.165) is 29.4 Å². The van der Waals surface area contributed by atoms with Crippen molar-refractivity contribution in [3.8, 4) is 5.88 Å². The molecule has 190 valence electrons. The fourth-order valence-electron chi connectivity index (χ4n) is 3.60. The molecular formula is C24H25Cl2N5O5. The Hall–Kier alpha value is -3.37. The summed E-state index contributed by atoms with van der Waals surface area (Å²) in [5.74, 6) is -0.952. The van der Waals surface area contributed by atoms with E-state index in [-0.39, 0.29) is 25.1 Å². The SMILES string of the molecule is COC(=O)[C@@H](C)Cn1c(=O)nc(Nc2cnc(OC3CCC3)c(Cl)c2)n(Cc2ccc(Cl)cc2)c1=O. The topological polar surface area (TPSA) is 117 Å². The lowest BCUT2D eigenvalue weighted by atomic mass is 9.96. The summed E-state index contributed by atoms with van der Waals surface area (Å²) in [5.41, 5.74) is -0.294. The summed E-state index contributed by atoms with van der Waals surface area (Å²) in [6, 6.07) is 8.50. The predicted octanol–water partition coefficient (Wildman–Crippen LogP) is 3.64. The molecular weight excluding hydrogens is 509 g/mol. The van der Waals surface area contributed by atoms with Crippen LogP contribution in [0, 0.1) is 5.92 Å². The maximum absolute atomic E-state index is 13.4. The summed E-state index contributed by atoms with van der Waals surface area (Å²) in [7, 11) is 1.24. The van der Waals surface area contributed by atoms with Crippen LogP contribution >= 0.6 is 23.2 Å². The van der Waals surface area contributed by atoms with E-state index >= 15 is 0 Å². The molecule has 1 atom stereocenters. The minimum Gasteiger partial charge on any atom is -0.473 e. The smallest absolute Gasteiger partial charge is 0.354 e.